The molecular weight excluding hydrogens is 349 g/mol. The number of carbonyl (C=O) groups is 2. The smallest absolute Gasteiger partial charge is 0.316 e. The van der Waals surface area contributed by atoms with Gasteiger partial charge in [0.05, 0.1) is 11.4 Å². The van der Waals surface area contributed by atoms with E-state index in [0.717, 1.165) is 0 Å². The van der Waals surface area contributed by atoms with Crippen molar-refractivity contribution < 1.29 is 22.4 Å². The Morgan fingerprint density at radius 3 is 2.72 bits per heavy atom. The molecule has 3 rings (SSSR count). The van der Waals surface area contributed by atoms with E-state index in [1.165, 1.54) is 21.3 Å². The molecule has 136 valence electrons. The van der Waals surface area contributed by atoms with E-state index < -0.39 is 21.8 Å². The quantitative estimate of drug-likeness (QED) is 0.770. The molecule has 2 aliphatic heterocycles. The number of benzene rings is 1. The molecule has 25 heavy (non-hydrogen) atoms. The molecule has 0 aliphatic carbocycles. The van der Waals surface area contributed by atoms with Crippen LogP contribution in [0.4, 0.5) is 10.1 Å². The lowest BCUT2D eigenvalue weighted by Gasteiger charge is -2.19. The van der Waals surface area contributed by atoms with Crippen LogP contribution in [0.15, 0.2) is 12.1 Å². The molecule has 1 aromatic rings. The van der Waals surface area contributed by atoms with E-state index in [9.17, 15) is 22.4 Å². The molecule has 0 unspecified atom stereocenters. The lowest BCUT2D eigenvalue weighted by molar-refractivity contribution is -0.137. The van der Waals surface area contributed by atoms with Crippen LogP contribution < -0.4 is 10.2 Å². The minimum Gasteiger partial charge on any atom is -0.346 e. The molecular formula is C16H20FN3O4S. The van der Waals surface area contributed by atoms with Gasteiger partial charge in [0.2, 0.25) is 10.0 Å². The highest BCUT2D eigenvalue weighted by Crippen LogP contribution is 2.32. The molecule has 9 heteroatoms. The summed E-state index contributed by atoms with van der Waals surface area (Å²) in [7, 11) is -3.22. The Balaban J connectivity index is 1.60. The largest absolute Gasteiger partial charge is 0.346 e. The van der Waals surface area contributed by atoms with Gasteiger partial charge in [0, 0.05) is 26.2 Å². The molecule has 2 amide bonds. The van der Waals surface area contributed by atoms with Gasteiger partial charge < -0.3 is 10.2 Å². The number of sulfonamides is 1. The summed E-state index contributed by atoms with van der Waals surface area (Å²) in [5.74, 6) is -1.73. The van der Waals surface area contributed by atoms with Crippen LogP contribution in [0.1, 0.15) is 17.5 Å². The van der Waals surface area contributed by atoms with Gasteiger partial charge in [0.25, 0.3) is 0 Å². The van der Waals surface area contributed by atoms with Crippen molar-refractivity contribution in [1.29, 1.82) is 0 Å². The third-order valence-electron chi connectivity index (χ3n) is 4.51. The monoisotopic (exact) mass is 369 g/mol. The molecule has 0 aromatic heterocycles. The number of hydrogen-bond donors (Lipinski definition) is 1. The summed E-state index contributed by atoms with van der Waals surface area (Å²) in [6.45, 7) is 2.70. The van der Waals surface area contributed by atoms with Gasteiger partial charge in [0.1, 0.15) is 5.82 Å². The second kappa shape index (κ2) is 6.72. The average Bonchev–Trinajstić information content (AvgIpc) is 3.10. The highest BCUT2D eigenvalue weighted by molar-refractivity contribution is 7.89. The summed E-state index contributed by atoms with van der Waals surface area (Å²) in [4.78, 5) is 25.9. The van der Waals surface area contributed by atoms with Gasteiger partial charge >= 0.3 is 11.8 Å². The number of nitrogens with zero attached hydrogens (tertiary/aromatic N) is 2. The summed E-state index contributed by atoms with van der Waals surface area (Å²) in [6, 6.07) is 2.71. The molecule has 0 saturated carbocycles. The SMILES string of the molecule is Cc1cc(F)cc2c1N(C(=O)C(=O)NCCN1CCCS1(=O)=O)CC2. The topological polar surface area (TPSA) is 86.8 Å². The number of amides is 2. The first-order chi connectivity index (χ1) is 11.8. The van der Waals surface area contributed by atoms with E-state index in [4.69, 9.17) is 0 Å². The fourth-order valence-electron chi connectivity index (χ4n) is 3.36. The Bertz CT molecular complexity index is 825. The Morgan fingerprint density at radius 1 is 1.28 bits per heavy atom. The fraction of sp³-hybridized carbons (Fsp3) is 0.500. The van der Waals surface area contributed by atoms with E-state index in [1.807, 2.05) is 0 Å². The first-order valence-electron chi connectivity index (χ1n) is 8.16. The summed E-state index contributed by atoms with van der Waals surface area (Å²) in [5.41, 5.74) is 1.90. The van der Waals surface area contributed by atoms with Crippen molar-refractivity contribution in [2.24, 2.45) is 0 Å². The van der Waals surface area contributed by atoms with Gasteiger partial charge in [-0.1, -0.05) is 0 Å². The van der Waals surface area contributed by atoms with Crippen LogP contribution in [-0.4, -0.2) is 56.5 Å². The minimum atomic E-state index is -3.22. The predicted molar refractivity (Wildman–Crippen MR) is 90.2 cm³/mol. The second-order valence-electron chi connectivity index (χ2n) is 6.26. The van der Waals surface area contributed by atoms with Gasteiger partial charge in [-0.25, -0.2) is 17.1 Å². The zero-order valence-electron chi connectivity index (χ0n) is 13.9. The van der Waals surface area contributed by atoms with Crippen LogP contribution in [0.2, 0.25) is 0 Å². The third-order valence-corrected chi connectivity index (χ3v) is 6.46. The molecule has 0 atom stereocenters. The predicted octanol–water partition coefficient (Wildman–Crippen LogP) is 0.175. The second-order valence-corrected chi connectivity index (χ2v) is 8.35. The molecule has 2 aliphatic rings. The van der Waals surface area contributed by atoms with Gasteiger partial charge in [-0.05, 0) is 43.0 Å². The van der Waals surface area contributed by atoms with Gasteiger partial charge in [-0.3, -0.25) is 9.59 Å². The van der Waals surface area contributed by atoms with Gasteiger partial charge in [0.15, 0.2) is 0 Å². The summed E-state index contributed by atoms with van der Waals surface area (Å²) in [6.07, 6.45) is 1.08. The number of rotatable bonds is 3. The van der Waals surface area contributed by atoms with Gasteiger partial charge in [-0.15, -0.1) is 0 Å². The van der Waals surface area contributed by atoms with Crippen molar-refractivity contribution in [3.05, 3.63) is 29.1 Å². The zero-order chi connectivity index (χ0) is 18.2. The van der Waals surface area contributed by atoms with E-state index in [0.29, 0.717) is 42.7 Å². The number of halogens is 1. The van der Waals surface area contributed by atoms with Gasteiger partial charge in [-0.2, -0.15) is 0 Å². The van der Waals surface area contributed by atoms with Crippen molar-refractivity contribution in [1.82, 2.24) is 9.62 Å². The molecule has 1 N–H and O–H groups in total. The first kappa shape index (κ1) is 17.8. The molecule has 1 saturated heterocycles. The molecule has 1 fully saturated rings. The molecule has 0 bridgehead atoms. The van der Waals surface area contributed by atoms with E-state index in [-0.39, 0.29) is 24.7 Å². The first-order valence-corrected chi connectivity index (χ1v) is 9.77. The highest BCUT2D eigenvalue weighted by Gasteiger charge is 2.31. The maximum atomic E-state index is 13.5. The Hall–Kier alpha value is -2.00. The van der Waals surface area contributed by atoms with E-state index in [2.05, 4.69) is 5.32 Å². The fourth-order valence-corrected chi connectivity index (χ4v) is 4.89. The number of anilines is 1. The van der Waals surface area contributed by atoms with Crippen LogP contribution in [0.3, 0.4) is 0 Å². The van der Waals surface area contributed by atoms with Crippen molar-refractivity contribution in [3.63, 3.8) is 0 Å². The number of fused-ring (bicyclic) bond motifs is 1. The Labute approximate surface area is 145 Å². The molecule has 2 heterocycles. The summed E-state index contributed by atoms with van der Waals surface area (Å²) < 4.78 is 38.1. The van der Waals surface area contributed by atoms with Crippen LogP contribution in [-0.2, 0) is 26.0 Å². The summed E-state index contributed by atoms with van der Waals surface area (Å²) >= 11 is 0. The normalized spacial score (nSPS) is 19.0. The van der Waals surface area contributed by atoms with E-state index in [1.54, 1.807) is 6.92 Å². The van der Waals surface area contributed by atoms with Crippen molar-refractivity contribution in [2.75, 3.05) is 36.8 Å². The maximum absolute atomic E-state index is 13.5. The lowest BCUT2D eigenvalue weighted by Crippen LogP contribution is -2.45. The molecule has 0 spiro atoms. The zero-order valence-corrected chi connectivity index (χ0v) is 14.7. The van der Waals surface area contributed by atoms with E-state index >= 15 is 0 Å². The Kier molecular flexibility index (Phi) is 4.79. The summed E-state index contributed by atoms with van der Waals surface area (Å²) in [5, 5.41) is 2.48. The number of carbonyl (C=O) groups excluding carboxylic acids is 2. The maximum Gasteiger partial charge on any atom is 0.316 e. The van der Waals surface area contributed by atoms with Crippen molar-refractivity contribution in [2.45, 2.75) is 19.8 Å². The Morgan fingerprint density at radius 2 is 2.04 bits per heavy atom. The number of nitrogens with one attached hydrogen (secondary N) is 1. The highest BCUT2D eigenvalue weighted by atomic mass is 32.2. The minimum absolute atomic E-state index is 0.0763. The van der Waals surface area contributed by atoms with Crippen LogP contribution in [0, 0.1) is 12.7 Å². The molecule has 7 nitrogen and oxygen atoms in total. The number of aryl methyl sites for hydroxylation is 1. The van der Waals surface area contributed by atoms with Crippen LogP contribution in [0.25, 0.3) is 0 Å². The van der Waals surface area contributed by atoms with Crippen molar-refractivity contribution >= 4 is 27.5 Å². The lowest BCUT2D eigenvalue weighted by atomic mass is 10.1. The molecule has 0 radical (unpaired) electrons. The third kappa shape index (κ3) is 3.52. The van der Waals surface area contributed by atoms with Crippen LogP contribution >= 0.6 is 0 Å². The average molecular weight is 369 g/mol. The van der Waals surface area contributed by atoms with Crippen LogP contribution in [0.5, 0.6) is 0 Å². The van der Waals surface area contributed by atoms with Crippen molar-refractivity contribution in [3.8, 4) is 0 Å². The standard InChI is InChI=1S/C16H20FN3O4S/c1-11-9-13(17)10-12-3-6-20(14(11)12)16(22)15(21)18-4-7-19-5-2-8-25(19,23)24/h9-10H,2-8H2,1H3,(H,18,21). The molecule has 1 aromatic carbocycles. The number of hydrogen-bond acceptors (Lipinski definition) is 4.